The molecule has 1 N–H and O–H groups in total. The fourth-order valence-corrected chi connectivity index (χ4v) is 4.46. The molecule has 3 aromatic heterocycles. The minimum Gasteiger partial charge on any atom is -0.464 e. The summed E-state index contributed by atoms with van der Waals surface area (Å²) >= 11 is 0. The van der Waals surface area contributed by atoms with Crippen LogP contribution in [0.15, 0.2) is 71.7 Å². The minimum absolute atomic E-state index is 0.621. The van der Waals surface area contributed by atoms with Crippen molar-refractivity contribution in [2.24, 2.45) is 0 Å². The van der Waals surface area contributed by atoms with Gasteiger partial charge in [0.2, 0.25) is 5.95 Å². The van der Waals surface area contributed by atoms with Crippen LogP contribution in [0.4, 0.5) is 11.6 Å². The summed E-state index contributed by atoms with van der Waals surface area (Å²) in [5, 5.41) is 13.0. The summed E-state index contributed by atoms with van der Waals surface area (Å²) in [6.07, 6.45) is 5.29. The number of piperazine rings is 1. The van der Waals surface area contributed by atoms with Crippen LogP contribution in [0.3, 0.4) is 0 Å². The lowest BCUT2D eigenvalue weighted by atomic mass is 10.1. The van der Waals surface area contributed by atoms with Gasteiger partial charge in [-0.1, -0.05) is 24.3 Å². The van der Waals surface area contributed by atoms with Crippen LogP contribution in [0.25, 0.3) is 27.7 Å². The van der Waals surface area contributed by atoms with Gasteiger partial charge in [-0.3, -0.25) is 4.40 Å². The topological polar surface area (TPSA) is 74.7 Å². The third-order valence-electron chi connectivity index (χ3n) is 6.40. The van der Waals surface area contributed by atoms with Gasteiger partial charge in [-0.25, -0.2) is 4.98 Å². The Morgan fingerprint density at radius 2 is 1.85 bits per heavy atom. The molecule has 1 aliphatic rings. The molecule has 1 aliphatic heterocycles. The van der Waals surface area contributed by atoms with Gasteiger partial charge in [0.05, 0.1) is 6.26 Å². The maximum Gasteiger partial charge on any atom is 0.210 e. The number of hydrogen-bond donors (Lipinski definition) is 1. The third-order valence-corrected chi connectivity index (χ3v) is 6.40. The van der Waals surface area contributed by atoms with Gasteiger partial charge in [0.25, 0.3) is 0 Å². The second-order valence-electron chi connectivity index (χ2n) is 8.46. The predicted molar refractivity (Wildman–Crippen MR) is 129 cm³/mol. The summed E-state index contributed by atoms with van der Waals surface area (Å²) in [6, 6.07) is 16.7. The number of nitrogens with zero attached hydrogens (tertiary/aromatic N) is 6. The third kappa shape index (κ3) is 3.68. The lowest BCUT2D eigenvalue weighted by molar-refractivity contribution is 0.313. The molecule has 1 fully saturated rings. The van der Waals surface area contributed by atoms with Crippen LogP contribution in [0.2, 0.25) is 0 Å². The second kappa shape index (κ2) is 8.22. The summed E-state index contributed by atoms with van der Waals surface area (Å²) in [5.74, 6) is 0.702. The molecule has 0 bridgehead atoms. The van der Waals surface area contributed by atoms with Gasteiger partial charge in [0.1, 0.15) is 11.9 Å². The fraction of sp³-hybridized carbons (Fsp3) is 0.240. The van der Waals surface area contributed by atoms with Crippen molar-refractivity contribution in [3.63, 3.8) is 0 Å². The SMILES string of the molecule is CN1CCN(c2ccc(-c3cnc(NCc4cccc5occc45)n4cnnc34)cc2)CC1. The first-order chi connectivity index (χ1) is 16.3. The molecule has 0 spiro atoms. The van der Waals surface area contributed by atoms with Gasteiger partial charge in [0, 0.05) is 55.6 Å². The van der Waals surface area contributed by atoms with E-state index in [0.717, 1.165) is 59.5 Å². The van der Waals surface area contributed by atoms with E-state index >= 15 is 0 Å². The number of benzene rings is 2. The lowest BCUT2D eigenvalue weighted by Crippen LogP contribution is -2.44. The van der Waals surface area contributed by atoms with Gasteiger partial charge in [-0.05, 0) is 42.4 Å². The van der Waals surface area contributed by atoms with Crippen LogP contribution in [-0.4, -0.2) is 57.7 Å². The molecule has 1 saturated heterocycles. The average molecular weight is 440 g/mol. The zero-order valence-electron chi connectivity index (χ0n) is 18.5. The standard InChI is InChI=1S/C25H25N7O/c1-30-10-12-31(13-11-30)20-7-5-18(6-8-20)22-16-27-25(32-17-28-29-24(22)32)26-15-19-3-2-4-23-21(19)9-14-33-23/h2-9,14,16-17H,10-13,15H2,1H3,(H,26,27). The van der Waals surface area contributed by atoms with Crippen LogP contribution < -0.4 is 10.2 Å². The van der Waals surface area contributed by atoms with Crippen molar-refractivity contribution in [3.05, 3.63) is 72.9 Å². The van der Waals surface area contributed by atoms with Crippen LogP contribution in [-0.2, 0) is 6.54 Å². The Morgan fingerprint density at radius 3 is 2.70 bits per heavy atom. The zero-order valence-corrected chi connectivity index (χ0v) is 18.5. The Balaban J connectivity index is 1.25. The van der Waals surface area contributed by atoms with Gasteiger partial charge in [0.15, 0.2) is 5.65 Å². The zero-order chi connectivity index (χ0) is 22.2. The van der Waals surface area contributed by atoms with Crippen molar-refractivity contribution in [1.29, 1.82) is 0 Å². The molecule has 6 rings (SSSR count). The summed E-state index contributed by atoms with van der Waals surface area (Å²) in [7, 11) is 2.17. The number of likely N-dealkylation sites (N-methyl/N-ethyl adjacent to an activating group) is 1. The highest BCUT2D eigenvalue weighted by molar-refractivity contribution is 5.81. The molecular weight excluding hydrogens is 414 g/mol. The summed E-state index contributed by atoms with van der Waals surface area (Å²) < 4.78 is 7.41. The van der Waals surface area contributed by atoms with Crippen LogP contribution in [0.5, 0.6) is 0 Å². The molecule has 0 atom stereocenters. The van der Waals surface area contributed by atoms with Crippen molar-refractivity contribution < 1.29 is 4.42 Å². The van der Waals surface area contributed by atoms with E-state index < -0.39 is 0 Å². The molecule has 8 heteroatoms. The van der Waals surface area contributed by atoms with E-state index in [2.05, 4.69) is 62.7 Å². The first kappa shape index (κ1) is 19.8. The second-order valence-corrected chi connectivity index (χ2v) is 8.46. The summed E-state index contributed by atoms with van der Waals surface area (Å²) in [4.78, 5) is 9.49. The first-order valence-corrected chi connectivity index (χ1v) is 11.2. The van der Waals surface area contributed by atoms with Crippen molar-refractivity contribution >= 4 is 28.3 Å². The number of anilines is 2. The number of nitrogens with one attached hydrogen (secondary N) is 1. The van der Waals surface area contributed by atoms with Gasteiger partial charge >= 0.3 is 0 Å². The Bertz CT molecular complexity index is 1400. The normalized spacial score (nSPS) is 14.9. The van der Waals surface area contributed by atoms with Crippen molar-refractivity contribution in [2.75, 3.05) is 43.4 Å². The molecule has 5 aromatic rings. The van der Waals surface area contributed by atoms with E-state index in [1.165, 1.54) is 5.69 Å². The van der Waals surface area contributed by atoms with Gasteiger partial charge < -0.3 is 19.5 Å². The molecule has 0 amide bonds. The molecule has 0 aliphatic carbocycles. The minimum atomic E-state index is 0.621. The number of fused-ring (bicyclic) bond motifs is 2. The Morgan fingerprint density at radius 1 is 1.00 bits per heavy atom. The van der Waals surface area contributed by atoms with E-state index in [1.54, 1.807) is 12.6 Å². The Kier molecular flexibility index (Phi) is 4.92. The molecule has 166 valence electrons. The Labute approximate surface area is 191 Å². The lowest BCUT2D eigenvalue weighted by Gasteiger charge is -2.34. The quantitative estimate of drug-likeness (QED) is 0.445. The number of rotatable bonds is 5. The van der Waals surface area contributed by atoms with E-state index in [0.29, 0.717) is 12.5 Å². The van der Waals surface area contributed by atoms with Gasteiger partial charge in [-0.15, -0.1) is 10.2 Å². The molecule has 4 heterocycles. The maximum atomic E-state index is 5.51. The average Bonchev–Trinajstić information content (AvgIpc) is 3.53. The summed E-state index contributed by atoms with van der Waals surface area (Å²) in [5.41, 5.74) is 6.10. The van der Waals surface area contributed by atoms with E-state index in [9.17, 15) is 0 Å². The monoisotopic (exact) mass is 439 g/mol. The molecule has 33 heavy (non-hydrogen) atoms. The fourth-order valence-electron chi connectivity index (χ4n) is 4.46. The number of furan rings is 1. The van der Waals surface area contributed by atoms with Crippen molar-refractivity contribution in [2.45, 2.75) is 6.54 Å². The summed E-state index contributed by atoms with van der Waals surface area (Å²) in [6.45, 7) is 4.92. The van der Waals surface area contributed by atoms with E-state index in [1.807, 2.05) is 28.8 Å². The van der Waals surface area contributed by atoms with Crippen molar-refractivity contribution in [1.82, 2.24) is 24.5 Å². The largest absolute Gasteiger partial charge is 0.464 e. The van der Waals surface area contributed by atoms with Crippen molar-refractivity contribution in [3.8, 4) is 11.1 Å². The number of hydrogen-bond acceptors (Lipinski definition) is 7. The molecular formula is C25H25N7O. The molecule has 8 nitrogen and oxygen atoms in total. The molecule has 0 saturated carbocycles. The molecule has 0 radical (unpaired) electrons. The highest BCUT2D eigenvalue weighted by Crippen LogP contribution is 2.28. The maximum absolute atomic E-state index is 5.51. The smallest absolute Gasteiger partial charge is 0.210 e. The molecule has 2 aromatic carbocycles. The predicted octanol–water partition coefficient (Wildman–Crippen LogP) is 3.90. The van der Waals surface area contributed by atoms with Crippen LogP contribution in [0.1, 0.15) is 5.56 Å². The van der Waals surface area contributed by atoms with Gasteiger partial charge in [-0.2, -0.15) is 0 Å². The number of aromatic nitrogens is 4. The molecule has 0 unspecified atom stereocenters. The van der Waals surface area contributed by atoms with Crippen LogP contribution in [0, 0.1) is 0 Å². The first-order valence-electron chi connectivity index (χ1n) is 11.2. The van der Waals surface area contributed by atoms with E-state index in [-0.39, 0.29) is 0 Å². The van der Waals surface area contributed by atoms with E-state index in [4.69, 9.17) is 9.40 Å². The van der Waals surface area contributed by atoms with Crippen LogP contribution >= 0.6 is 0 Å². The highest BCUT2D eigenvalue weighted by atomic mass is 16.3. The highest BCUT2D eigenvalue weighted by Gasteiger charge is 2.16. The Hall–Kier alpha value is -3.91.